The van der Waals surface area contributed by atoms with Gasteiger partial charge in [0.1, 0.15) is 18.1 Å². The number of unbranched alkanes of at least 4 members (excludes halogenated alkanes) is 2. The summed E-state index contributed by atoms with van der Waals surface area (Å²) in [6.07, 6.45) is 2.34. The van der Waals surface area contributed by atoms with Gasteiger partial charge in [-0.2, -0.15) is 0 Å². The van der Waals surface area contributed by atoms with Crippen LogP contribution in [0, 0.1) is 5.92 Å². The Labute approximate surface area is 206 Å². The van der Waals surface area contributed by atoms with Crippen molar-refractivity contribution in [2.24, 2.45) is 28.9 Å². The second kappa shape index (κ2) is 17.6. The zero-order valence-electron chi connectivity index (χ0n) is 20.8. The van der Waals surface area contributed by atoms with Crippen LogP contribution in [-0.4, -0.2) is 72.0 Å². The second-order valence-corrected chi connectivity index (χ2v) is 8.87. The van der Waals surface area contributed by atoms with Crippen molar-refractivity contribution in [1.82, 2.24) is 16.0 Å². The highest BCUT2D eigenvalue weighted by molar-refractivity contribution is 5.94. The number of amides is 4. The number of primary amides is 1. The second-order valence-electron chi connectivity index (χ2n) is 8.87. The van der Waals surface area contributed by atoms with E-state index in [0.717, 1.165) is 0 Å². The number of aliphatic carboxylic acids is 1. The zero-order chi connectivity index (χ0) is 27.0. The minimum absolute atomic E-state index is 0.147. The van der Waals surface area contributed by atoms with Crippen LogP contribution in [0.2, 0.25) is 0 Å². The lowest BCUT2D eigenvalue weighted by Gasteiger charge is -2.26. The molecule has 0 radical (unpaired) electrons. The quantitative estimate of drug-likeness (QED) is 0.0913. The summed E-state index contributed by atoms with van der Waals surface area (Å²) < 4.78 is 0. The summed E-state index contributed by atoms with van der Waals surface area (Å²) in [7, 11) is 0. The Morgan fingerprint density at radius 2 is 1.14 bits per heavy atom. The topological polar surface area (TPSA) is 246 Å². The maximum absolute atomic E-state index is 13.1. The lowest BCUT2D eigenvalue weighted by atomic mass is 10.0. The van der Waals surface area contributed by atoms with Gasteiger partial charge in [0, 0.05) is 6.42 Å². The molecule has 4 unspecified atom stereocenters. The Hall–Kier alpha value is -2.77. The van der Waals surface area contributed by atoms with E-state index in [9.17, 15) is 29.1 Å². The molecule has 13 nitrogen and oxygen atoms in total. The fourth-order valence-electron chi connectivity index (χ4n) is 3.18. The summed E-state index contributed by atoms with van der Waals surface area (Å²) in [5, 5.41) is 17.0. The molecule has 0 saturated heterocycles. The standard InChI is InChI=1S/C22H43N7O6/c1-13(2)18(26)21(33)28-15(8-4-6-12-24)19(31)27-14(7-3-5-11-23)20(32)29-16(22(34)35)9-10-17(25)30/h13-16,18H,3-12,23-24,26H2,1-2H3,(H2,25,30)(H,27,31)(H,28,33)(H,29,32)(H,34,35). The molecule has 0 saturated carbocycles. The van der Waals surface area contributed by atoms with E-state index in [1.807, 2.05) is 0 Å². The molecule has 12 N–H and O–H groups in total. The molecule has 0 fully saturated rings. The average molecular weight is 502 g/mol. The number of hydrogen-bond acceptors (Lipinski definition) is 8. The first kappa shape index (κ1) is 32.2. The molecular formula is C22H43N7O6. The van der Waals surface area contributed by atoms with E-state index < -0.39 is 53.8 Å². The van der Waals surface area contributed by atoms with Crippen molar-refractivity contribution in [3.8, 4) is 0 Å². The molecule has 0 spiro atoms. The average Bonchev–Trinajstić information content (AvgIpc) is 2.79. The molecule has 0 bridgehead atoms. The van der Waals surface area contributed by atoms with Gasteiger partial charge in [-0.15, -0.1) is 0 Å². The van der Waals surface area contributed by atoms with Crippen LogP contribution in [0.4, 0.5) is 0 Å². The highest BCUT2D eigenvalue weighted by atomic mass is 16.4. The van der Waals surface area contributed by atoms with Gasteiger partial charge in [-0.3, -0.25) is 19.2 Å². The van der Waals surface area contributed by atoms with E-state index in [4.69, 9.17) is 22.9 Å². The minimum atomic E-state index is -1.35. The highest BCUT2D eigenvalue weighted by Gasteiger charge is 2.30. The summed E-state index contributed by atoms with van der Waals surface area (Å²) in [5.41, 5.74) is 22.0. The molecule has 0 rings (SSSR count). The van der Waals surface area contributed by atoms with E-state index in [0.29, 0.717) is 38.8 Å². The van der Waals surface area contributed by atoms with Crippen molar-refractivity contribution in [3.05, 3.63) is 0 Å². The van der Waals surface area contributed by atoms with Gasteiger partial charge in [-0.25, -0.2) is 4.79 Å². The van der Waals surface area contributed by atoms with Gasteiger partial charge in [-0.05, 0) is 64.0 Å². The van der Waals surface area contributed by atoms with Crippen molar-refractivity contribution >= 4 is 29.6 Å². The monoisotopic (exact) mass is 501 g/mol. The molecule has 0 aliphatic rings. The largest absolute Gasteiger partial charge is 0.480 e. The minimum Gasteiger partial charge on any atom is -0.480 e. The predicted octanol–water partition coefficient (Wildman–Crippen LogP) is -1.97. The first-order valence-electron chi connectivity index (χ1n) is 12.0. The molecule has 0 aromatic rings. The summed E-state index contributed by atoms with van der Waals surface area (Å²) in [4.78, 5) is 60.9. The first-order chi connectivity index (χ1) is 16.4. The van der Waals surface area contributed by atoms with E-state index in [-0.39, 0.29) is 31.6 Å². The fraction of sp³-hybridized carbons (Fsp3) is 0.773. The SMILES string of the molecule is CC(C)C(N)C(=O)NC(CCCCN)C(=O)NC(CCCCN)C(=O)NC(CCC(N)=O)C(=O)O. The number of carboxylic acid groups (broad SMARTS) is 1. The third-order valence-electron chi connectivity index (χ3n) is 5.47. The van der Waals surface area contributed by atoms with Crippen molar-refractivity contribution in [1.29, 1.82) is 0 Å². The molecule has 4 amide bonds. The number of carbonyl (C=O) groups is 5. The van der Waals surface area contributed by atoms with Crippen molar-refractivity contribution in [2.75, 3.05) is 13.1 Å². The lowest BCUT2D eigenvalue weighted by molar-refractivity contribution is -0.142. The van der Waals surface area contributed by atoms with E-state index in [1.54, 1.807) is 13.8 Å². The number of carbonyl (C=O) groups excluding carboxylic acids is 4. The number of nitrogens with two attached hydrogens (primary N) is 4. The van der Waals surface area contributed by atoms with Gasteiger partial charge in [0.2, 0.25) is 23.6 Å². The van der Waals surface area contributed by atoms with Crippen molar-refractivity contribution < 1.29 is 29.1 Å². The Bertz CT molecular complexity index is 704. The van der Waals surface area contributed by atoms with E-state index in [2.05, 4.69) is 16.0 Å². The van der Waals surface area contributed by atoms with Gasteiger partial charge >= 0.3 is 5.97 Å². The molecule has 0 aliphatic heterocycles. The van der Waals surface area contributed by atoms with Crippen LogP contribution in [0.3, 0.4) is 0 Å². The van der Waals surface area contributed by atoms with Crippen LogP contribution in [0.25, 0.3) is 0 Å². The van der Waals surface area contributed by atoms with Gasteiger partial charge < -0.3 is 44.0 Å². The van der Waals surface area contributed by atoms with Crippen LogP contribution in [0.15, 0.2) is 0 Å². The Morgan fingerprint density at radius 1 is 0.714 bits per heavy atom. The molecule has 0 aromatic heterocycles. The van der Waals surface area contributed by atoms with Crippen molar-refractivity contribution in [2.45, 2.75) is 89.4 Å². The maximum Gasteiger partial charge on any atom is 0.326 e. The Balaban J connectivity index is 5.53. The smallest absolute Gasteiger partial charge is 0.326 e. The summed E-state index contributed by atoms with van der Waals surface area (Å²) in [5.74, 6) is -3.99. The van der Waals surface area contributed by atoms with Crippen LogP contribution >= 0.6 is 0 Å². The third-order valence-corrected chi connectivity index (χ3v) is 5.47. The van der Waals surface area contributed by atoms with Crippen LogP contribution in [0.5, 0.6) is 0 Å². The molecule has 0 aromatic carbocycles. The zero-order valence-corrected chi connectivity index (χ0v) is 20.8. The van der Waals surface area contributed by atoms with Gasteiger partial charge in [0.05, 0.1) is 6.04 Å². The molecule has 13 heteroatoms. The maximum atomic E-state index is 13.1. The van der Waals surface area contributed by atoms with Gasteiger partial charge in [0.25, 0.3) is 0 Å². The number of carboxylic acids is 1. The third kappa shape index (κ3) is 13.6. The summed E-state index contributed by atoms with van der Waals surface area (Å²) in [6, 6.07) is -4.19. The Morgan fingerprint density at radius 3 is 1.51 bits per heavy atom. The molecule has 0 aliphatic carbocycles. The van der Waals surface area contributed by atoms with Crippen LogP contribution < -0.4 is 38.9 Å². The number of hydrogen-bond donors (Lipinski definition) is 8. The number of nitrogens with one attached hydrogen (secondary N) is 3. The summed E-state index contributed by atoms with van der Waals surface area (Å²) >= 11 is 0. The lowest BCUT2D eigenvalue weighted by Crippen LogP contribution is -2.57. The molecule has 4 atom stereocenters. The van der Waals surface area contributed by atoms with Crippen LogP contribution in [0.1, 0.15) is 65.2 Å². The predicted molar refractivity (Wildman–Crippen MR) is 130 cm³/mol. The number of rotatable bonds is 19. The Kier molecular flexibility index (Phi) is 16.2. The van der Waals surface area contributed by atoms with Gasteiger partial charge in [-0.1, -0.05) is 13.8 Å². The first-order valence-corrected chi connectivity index (χ1v) is 12.0. The fourth-order valence-corrected chi connectivity index (χ4v) is 3.18. The normalized spacial score (nSPS) is 14.5. The van der Waals surface area contributed by atoms with E-state index >= 15 is 0 Å². The van der Waals surface area contributed by atoms with Gasteiger partial charge in [0.15, 0.2) is 0 Å². The molecular weight excluding hydrogens is 458 g/mol. The highest BCUT2D eigenvalue weighted by Crippen LogP contribution is 2.08. The molecule has 202 valence electrons. The van der Waals surface area contributed by atoms with E-state index in [1.165, 1.54) is 0 Å². The summed E-state index contributed by atoms with van der Waals surface area (Å²) in [6.45, 7) is 4.36. The molecule has 0 heterocycles. The molecule has 35 heavy (non-hydrogen) atoms. The van der Waals surface area contributed by atoms with Crippen molar-refractivity contribution in [3.63, 3.8) is 0 Å². The van der Waals surface area contributed by atoms with Crippen LogP contribution in [-0.2, 0) is 24.0 Å².